The van der Waals surface area contributed by atoms with Crippen LogP contribution in [-0.4, -0.2) is 30.2 Å². The first kappa shape index (κ1) is 10.6. The highest BCUT2D eigenvalue weighted by Crippen LogP contribution is 2.10. The summed E-state index contributed by atoms with van der Waals surface area (Å²) in [5.74, 6) is -0.165. The van der Waals surface area contributed by atoms with Crippen LogP contribution in [0.5, 0.6) is 0 Å². The smallest absolute Gasteiger partial charge is 0.323 e. The number of fused-ring (bicyclic) bond motifs is 1. The summed E-state index contributed by atoms with van der Waals surface area (Å²) in [6.07, 6.45) is 0. The molecule has 0 saturated heterocycles. The third-order valence-corrected chi connectivity index (χ3v) is 2.37. The molecule has 2 aromatic heterocycles. The fourth-order valence-electron chi connectivity index (χ4n) is 1.46. The van der Waals surface area contributed by atoms with Gasteiger partial charge in [0.1, 0.15) is 23.8 Å². The highest BCUT2D eigenvalue weighted by molar-refractivity contribution is 7.71. The molecule has 0 spiro atoms. The minimum Gasteiger partial charge on any atom is -0.480 e. The van der Waals surface area contributed by atoms with Crippen LogP contribution in [0.4, 0.5) is 5.82 Å². The number of nitrogens with two attached hydrogens (primary N) is 1. The Labute approximate surface area is 95.1 Å². The molecule has 2 aromatic rings. The number of carboxylic acids is 1. The molecule has 0 aliphatic heterocycles. The van der Waals surface area contributed by atoms with E-state index in [1.807, 2.05) is 0 Å². The summed E-state index contributed by atoms with van der Waals surface area (Å²) in [6, 6.07) is 1.54. The lowest BCUT2D eigenvalue weighted by Gasteiger charge is -2.01. The fourth-order valence-corrected chi connectivity index (χ4v) is 1.70. The van der Waals surface area contributed by atoms with Gasteiger partial charge in [0, 0.05) is 6.07 Å². The van der Waals surface area contributed by atoms with Gasteiger partial charge in [0.25, 0.3) is 0 Å². The van der Waals surface area contributed by atoms with Crippen LogP contribution in [0, 0.1) is 11.7 Å². The average Bonchev–Trinajstić information content (AvgIpc) is 2.45. The molecule has 3 N–H and O–H groups in total. The van der Waals surface area contributed by atoms with E-state index in [0.29, 0.717) is 11.5 Å². The van der Waals surface area contributed by atoms with Crippen molar-refractivity contribution in [2.24, 2.45) is 0 Å². The van der Waals surface area contributed by atoms with Crippen molar-refractivity contribution in [3.05, 3.63) is 16.7 Å². The number of hydrogen-bond acceptors (Lipinski definition) is 5. The fraction of sp³-hybridized carbons (Fsp3) is 0.250. The zero-order valence-corrected chi connectivity index (χ0v) is 9.23. The van der Waals surface area contributed by atoms with E-state index in [-0.39, 0.29) is 17.1 Å². The lowest BCUT2D eigenvalue weighted by atomic mass is 10.5. The summed E-state index contributed by atoms with van der Waals surface area (Å²) in [4.78, 5) is 14.6. The zero-order valence-electron chi connectivity index (χ0n) is 8.41. The Balaban J connectivity index is 2.78. The second kappa shape index (κ2) is 3.56. The predicted octanol–water partition coefficient (Wildman–Crippen LogP) is 0.236. The summed E-state index contributed by atoms with van der Waals surface area (Å²) in [7, 11) is 0. The molecule has 7 nitrogen and oxygen atoms in total. The topological polar surface area (TPSA) is 98.4 Å². The van der Waals surface area contributed by atoms with Gasteiger partial charge in [0.15, 0.2) is 0 Å². The molecule has 0 aromatic carbocycles. The summed E-state index contributed by atoms with van der Waals surface area (Å²) >= 11 is 4.98. The Morgan fingerprint density at radius 2 is 2.38 bits per heavy atom. The Bertz CT molecular complexity index is 629. The summed E-state index contributed by atoms with van der Waals surface area (Å²) in [5.41, 5.74) is 6.08. The molecule has 2 heterocycles. The number of hydrogen-bond donors (Lipinski definition) is 2. The van der Waals surface area contributed by atoms with Gasteiger partial charge >= 0.3 is 5.97 Å². The molecule has 0 amide bonds. The maximum absolute atomic E-state index is 10.7. The predicted molar refractivity (Wildman–Crippen MR) is 58.6 cm³/mol. The van der Waals surface area contributed by atoms with E-state index in [1.165, 1.54) is 9.08 Å². The van der Waals surface area contributed by atoms with E-state index in [4.69, 9.17) is 23.1 Å². The molecule has 2 rings (SSSR count). The molecule has 8 heteroatoms. The molecule has 0 saturated carbocycles. The van der Waals surface area contributed by atoms with Crippen molar-refractivity contribution in [1.29, 1.82) is 0 Å². The molecule has 0 radical (unpaired) electrons. The van der Waals surface area contributed by atoms with Crippen LogP contribution in [0.1, 0.15) is 5.82 Å². The van der Waals surface area contributed by atoms with Crippen molar-refractivity contribution < 1.29 is 9.90 Å². The third-order valence-electron chi connectivity index (χ3n) is 2.11. The van der Waals surface area contributed by atoms with E-state index in [9.17, 15) is 4.79 Å². The Hall–Kier alpha value is -1.96. The zero-order chi connectivity index (χ0) is 11.9. The van der Waals surface area contributed by atoms with Crippen LogP contribution in [0.15, 0.2) is 6.07 Å². The normalized spacial score (nSPS) is 10.8. The van der Waals surface area contributed by atoms with Crippen molar-refractivity contribution in [1.82, 2.24) is 19.2 Å². The number of aliphatic carboxylic acids is 1. The van der Waals surface area contributed by atoms with Crippen LogP contribution in [-0.2, 0) is 11.3 Å². The van der Waals surface area contributed by atoms with Gasteiger partial charge in [-0.3, -0.25) is 4.79 Å². The maximum atomic E-state index is 10.7. The van der Waals surface area contributed by atoms with Crippen molar-refractivity contribution in [3.63, 3.8) is 0 Å². The van der Waals surface area contributed by atoms with Gasteiger partial charge in [0.2, 0.25) is 4.77 Å². The summed E-state index contributed by atoms with van der Waals surface area (Å²) < 4.78 is 3.11. The standard InChI is InChI=1S/C8H9N5O2S/c1-4-11-13-6(12(4)3-7(14)15)2-5(9)10-8(13)16/h2H,3H2,1H3,(H,14,15)(H2,9,10,16). The van der Waals surface area contributed by atoms with Gasteiger partial charge in [-0.05, 0) is 19.1 Å². The van der Waals surface area contributed by atoms with Crippen LogP contribution in [0.2, 0.25) is 0 Å². The number of nitrogen functional groups attached to an aromatic ring is 1. The molecule has 16 heavy (non-hydrogen) atoms. The average molecular weight is 239 g/mol. The van der Waals surface area contributed by atoms with E-state index in [2.05, 4.69) is 10.1 Å². The quantitative estimate of drug-likeness (QED) is 0.728. The minimum atomic E-state index is -0.954. The van der Waals surface area contributed by atoms with Crippen molar-refractivity contribution >= 4 is 29.7 Å². The van der Waals surface area contributed by atoms with Crippen molar-refractivity contribution in [3.8, 4) is 0 Å². The molecule has 84 valence electrons. The number of anilines is 1. The Morgan fingerprint density at radius 1 is 1.69 bits per heavy atom. The van der Waals surface area contributed by atoms with Gasteiger partial charge < -0.3 is 15.4 Å². The Kier molecular flexibility index (Phi) is 2.35. The highest BCUT2D eigenvalue weighted by atomic mass is 32.1. The summed E-state index contributed by atoms with van der Waals surface area (Å²) in [5, 5.41) is 12.9. The van der Waals surface area contributed by atoms with E-state index >= 15 is 0 Å². The van der Waals surface area contributed by atoms with E-state index in [0.717, 1.165) is 0 Å². The van der Waals surface area contributed by atoms with Gasteiger partial charge in [-0.25, -0.2) is 4.98 Å². The number of aryl methyl sites for hydroxylation is 1. The number of carboxylic acid groups (broad SMARTS) is 1. The minimum absolute atomic E-state index is 0.187. The van der Waals surface area contributed by atoms with E-state index in [1.54, 1.807) is 13.0 Å². The molecule has 0 aliphatic carbocycles. The van der Waals surface area contributed by atoms with Crippen molar-refractivity contribution in [2.45, 2.75) is 13.5 Å². The monoisotopic (exact) mass is 239 g/mol. The second-order valence-electron chi connectivity index (χ2n) is 3.26. The van der Waals surface area contributed by atoms with E-state index < -0.39 is 5.97 Å². The maximum Gasteiger partial charge on any atom is 0.323 e. The third kappa shape index (κ3) is 1.63. The highest BCUT2D eigenvalue weighted by Gasteiger charge is 2.11. The van der Waals surface area contributed by atoms with Crippen LogP contribution in [0.25, 0.3) is 5.65 Å². The van der Waals surface area contributed by atoms with Gasteiger partial charge in [-0.1, -0.05) is 0 Å². The molecule has 0 fully saturated rings. The number of rotatable bonds is 2. The largest absolute Gasteiger partial charge is 0.480 e. The molecule has 0 unspecified atom stereocenters. The van der Waals surface area contributed by atoms with Gasteiger partial charge in [-0.2, -0.15) is 9.61 Å². The number of aromatic nitrogens is 4. The Morgan fingerprint density at radius 3 is 3.00 bits per heavy atom. The first-order valence-corrected chi connectivity index (χ1v) is 4.84. The second-order valence-corrected chi connectivity index (χ2v) is 3.63. The molecule has 0 aliphatic rings. The summed E-state index contributed by atoms with van der Waals surface area (Å²) in [6.45, 7) is 1.51. The molecule has 0 atom stereocenters. The SMILES string of the molecule is Cc1nn2c(=S)nc(N)cc2n1CC(=O)O. The van der Waals surface area contributed by atoms with Crippen LogP contribution >= 0.6 is 12.2 Å². The number of nitrogens with zero attached hydrogens (tertiary/aromatic N) is 4. The van der Waals surface area contributed by atoms with Crippen LogP contribution in [0.3, 0.4) is 0 Å². The van der Waals surface area contributed by atoms with Gasteiger partial charge in [-0.15, -0.1) is 0 Å². The first-order valence-electron chi connectivity index (χ1n) is 4.43. The first-order chi connectivity index (χ1) is 7.49. The molecule has 0 bridgehead atoms. The lowest BCUT2D eigenvalue weighted by Crippen LogP contribution is -2.10. The molecular formula is C8H9N5O2S. The van der Waals surface area contributed by atoms with Gasteiger partial charge in [0.05, 0.1) is 0 Å². The molecular weight excluding hydrogens is 230 g/mol. The van der Waals surface area contributed by atoms with Crippen LogP contribution < -0.4 is 5.73 Å². The lowest BCUT2D eigenvalue weighted by molar-refractivity contribution is -0.137. The van der Waals surface area contributed by atoms with Crippen molar-refractivity contribution in [2.75, 3.05) is 5.73 Å². The number of carbonyl (C=O) groups is 1.